The van der Waals surface area contributed by atoms with Crippen LogP contribution in [0.2, 0.25) is 10.0 Å². The Hall–Kier alpha value is -0.620. The number of carbonyl (C=O) groups is 1. The number of hydrogen-bond donors (Lipinski definition) is 0. The van der Waals surface area contributed by atoms with Crippen LogP contribution in [0.5, 0.6) is 0 Å². The number of hydrogen-bond acceptors (Lipinski definition) is 2. The molecule has 0 saturated carbocycles. The van der Waals surface area contributed by atoms with E-state index in [9.17, 15) is 4.79 Å². The molecular formula is C11H8Cl2OS. The largest absolute Gasteiger partial charge is 0.288 e. The van der Waals surface area contributed by atoms with E-state index in [-0.39, 0.29) is 5.12 Å². The summed E-state index contributed by atoms with van der Waals surface area (Å²) in [6.45, 7) is 1.51. The summed E-state index contributed by atoms with van der Waals surface area (Å²) in [5, 5.41) is 1.11. The van der Waals surface area contributed by atoms with Crippen molar-refractivity contribution in [3.8, 4) is 11.8 Å². The number of halogens is 2. The first-order valence-corrected chi connectivity index (χ1v) is 5.91. The van der Waals surface area contributed by atoms with E-state index in [0.29, 0.717) is 21.4 Å². The minimum atomic E-state index is 0.0505. The zero-order valence-electron chi connectivity index (χ0n) is 8.01. The summed E-state index contributed by atoms with van der Waals surface area (Å²) in [5.74, 6) is 6.14. The molecule has 0 aromatic heterocycles. The van der Waals surface area contributed by atoms with Crippen molar-refractivity contribution in [2.75, 3.05) is 5.75 Å². The molecule has 0 aliphatic carbocycles. The molecule has 0 atom stereocenters. The molecule has 78 valence electrons. The summed E-state index contributed by atoms with van der Waals surface area (Å²) in [7, 11) is 0. The molecular weight excluding hydrogens is 251 g/mol. The quantitative estimate of drug-likeness (QED) is 0.716. The summed E-state index contributed by atoms with van der Waals surface area (Å²) in [6.07, 6.45) is 0. The van der Waals surface area contributed by atoms with Crippen molar-refractivity contribution in [2.45, 2.75) is 6.92 Å². The number of carbonyl (C=O) groups excluding carboxylic acids is 1. The maximum atomic E-state index is 10.6. The molecule has 0 N–H and O–H groups in total. The highest BCUT2D eigenvalue weighted by Crippen LogP contribution is 2.22. The average Bonchev–Trinajstić information content (AvgIpc) is 2.15. The molecule has 0 aliphatic rings. The second kappa shape index (κ2) is 6.07. The molecule has 0 unspecified atom stereocenters. The summed E-state index contributed by atoms with van der Waals surface area (Å²) >= 11 is 13.0. The maximum absolute atomic E-state index is 10.6. The Balaban J connectivity index is 2.75. The Labute approximate surface area is 103 Å². The first-order chi connectivity index (χ1) is 7.11. The lowest BCUT2D eigenvalue weighted by Gasteiger charge is -1.97. The fourth-order valence-corrected chi connectivity index (χ4v) is 1.72. The lowest BCUT2D eigenvalue weighted by Crippen LogP contribution is -1.83. The van der Waals surface area contributed by atoms with Gasteiger partial charge in [0.2, 0.25) is 0 Å². The Morgan fingerprint density at radius 3 is 2.53 bits per heavy atom. The lowest BCUT2D eigenvalue weighted by atomic mass is 10.2. The molecule has 0 radical (unpaired) electrons. The molecule has 4 heteroatoms. The minimum absolute atomic E-state index is 0.0505. The smallest absolute Gasteiger partial charge is 0.186 e. The first-order valence-electron chi connectivity index (χ1n) is 4.17. The molecule has 15 heavy (non-hydrogen) atoms. The second-order valence-corrected chi connectivity index (χ2v) is 4.65. The van der Waals surface area contributed by atoms with Gasteiger partial charge in [0.1, 0.15) is 0 Å². The Kier molecular flexibility index (Phi) is 5.04. The summed E-state index contributed by atoms with van der Waals surface area (Å²) in [5.41, 5.74) is 0.616. The average molecular weight is 259 g/mol. The van der Waals surface area contributed by atoms with E-state index in [1.54, 1.807) is 18.2 Å². The van der Waals surface area contributed by atoms with Crippen LogP contribution >= 0.6 is 35.0 Å². The van der Waals surface area contributed by atoms with E-state index in [1.807, 2.05) is 0 Å². The third-order valence-corrected chi connectivity index (χ3v) is 2.85. The van der Waals surface area contributed by atoms with Gasteiger partial charge in [-0.25, -0.2) is 0 Å². The number of rotatable bonds is 1. The molecule has 1 rings (SSSR count). The van der Waals surface area contributed by atoms with Gasteiger partial charge < -0.3 is 0 Å². The molecule has 0 saturated heterocycles. The highest BCUT2D eigenvalue weighted by molar-refractivity contribution is 8.13. The van der Waals surface area contributed by atoms with E-state index in [0.717, 1.165) is 11.8 Å². The monoisotopic (exact) mass is 258 g/mol. The van der Waals surface area contributed by atoms with Gasteiger partial charge in [-0.3, -0.25) is 4.79 Å². The van der Waals surface area contributed by atoms with Crippen molar-refractivity contribution in [3.63, 3.8) is 0 Å². The summed E-state index contributed by atoms with van der Waals surface area (Å²) < 4.78 is 0. The molecule has 0 amide bonds. The van der Waals surface area contributed by atoms with Crippen LogP contribution in [0.1, 0.15) is 12.5 Å². The minimum Gasteiger partial charge on any atom is -0.288 e. The van der Waals surface area contributed by atoms with Gasteiger partial charge >= 0.3 is 0 Å². The molecule has 0 aliphatic heterocycles. The van der Waals surface area contributed by atoms with Crippen molar-refractivity contribution in [3.05, 3.63) is 33.8 Å². The molecule has 1 aromatic rings. The van der Waals surface area contributed by atoms with Crippen molar-refractivity contribution in [2.24, 2.45) is 0 Å². The molecule has 0 fully saturated rings. The van der Waals surface area contributed by atoms with Crippen LogP contribution in [0.15, 0.2) is 18.2 Å². The van der Waals surface area contributed by atoms with Gasteiger partial charge in [-0.2, -0.15) is 0 Å². The maximum Gasteiger partial charge on any atom is 0.186 e. The Morgan fingerprint density at radius 1 is 1.40 bits per heavy atom. The second-order valence-electron chi connectivity index (χ2n) is 2.68. The third kappa shape index (κ3) is 4.17. The topological polar surface area (TPSA) is 17.1 Å². The number of thioether (sulfide) groups is 1. The van der Waals surface area contributed by atoms with E-state index in [1.165, 1.54) is 6.92 Å². The number of benzene rings is 1. The van der Waals surface area contributed by atoms with Gasteiger partial charge in [0.25, 0.3) is 0 Å². The van der Waals surface area contributed by atoms with Crippen LogP contribution in [0.25, 0.3) is 0 Å². The summed E-state index contributed by atoms with van der Waals surface area (Å²) in [6, 6.07) is 5.23. The van der Waals surface area contributed by atoms with Crippen LogP contribution in [0.4, 0.5) is 0 Å². The standard InChI is InChI=1S/C11H8Cl2OS/c1-8(14)15-7-3-4-9-10(12)5-2-6-11(9)13/h2,5-6H,7H2,1H3. The van der Waals surface area contributed by atoms with Crippen LogP contribution in [0, 0.1) is 11.8 Å². The zero-order chi connectivity index (χ0) is 11.3. The summed E-state index contributed by atoms with van der Waals surface area (Å²) in [4.78, 5) is 10.6. The highest BCUT2D eigenvalue weighted by Gasteiger charge is 2.00. The normalized spacial score (nSPS) is 9.27. The van der Waals surface area contributed by atoms with E-state index in [2.05, 4.69) is 11.8 Å². The van der Waals surface area contributed by atoms with Crippen LogP contribution < -0.4 is 0 Å². The molecule has 1 aromatic carbocycles. The third-order valence-electron chi connectivity index (χ3n) is 1.52. The zero-order valence-corrected chi connectivity index (χ0v) is 10.3. The fraction of sp³-hybridized carbons (Fsp3) is 0.182. The van der Waals surface area contributed by atoms with Gasteiger partial charge in [-0.05, 0) is 12.1 Å². The van der Waals surface area contributed by atoms with E-state index in [4.69, 9.17) is 23.2 Å². The Bertz CT molecular complexity index is 412. The van der Waals surface area contributed by atoms with Crippen LogP contribution in [-0.4, -0.2) is 10.9 Å². The van der Waals surface area contributed by atoms with Gasteiger partial charge in [-0.15, -0.1) is 0 Å². The van der Waals surface area contributed by atoms with Crippen molar-refractivity contribution in [1.82, 2.24) is 0 Å². The van der Waals surface area contributed by atoms with Crippen LogP contribution in [0.3, 0.4) is 0 Å². The van der Waals surface area contributed by atoms with Crippen molar-refractivity contribution in [1.29, 1.82) is 0 Å². The van der Waals surface area contributed by atoms with Gasteiger partial charge in [-0.1, -0.05) is 52.9 Å². The lowest BCUT2D eigenvalue weighted by molar-refractivity contribution is -0.109. The molecule has 0 bridgehead atoms. The molecule has 0 spiro atoms. The fourth-order valence-electron chi connectivity index (χ4n) is 0.879. The SMILES string of the molecule is CC(=O)SCC#Cc1c(Cl)cccc1Cl. The Morgan fingerprint density at radius 2 is 2.00 bits per heavy atom. The molecule has 1 nitrogen and oxygen atoms in total. The first kappa shape index (κ1) is 12.4. The van der Waals surface area contributed by atoms with E-state index >= 15 is 0 Å². The van der Waals surface area contributed by atoms with Crippen LogP contribution in [-0.2, 0) is 4.79 Å². The predicted octanol–water partition coefficient (Wildman–Crippen LogP) is 3.62. The van der Waals surface area contributed by atoms with Crippen molar-refractivity contribution >= 4 is 40.1 Å². The predicted molar refractivity (Wildman–Crippen MR) is 66.5 cm³/mol. The highest BCUT2D eigenvalue weighted by atomic mass is 35.5. The molecule has 0 heterocycles. The van der Waals surface area contributed by atoms with Gasteiger partial charge in [0.15, 0.2) is 5.12 Å². The van der Waals surface area contributed by atoms with Crippen molar-refractivity contribution < 1.29 is 4.79 Å². The van der Waals surface area contributed by atoms with Gasteiger partial charge in [0.05, 0.1) is 21.4 Å². The van der Waals surface area contributed by atoms with E-state index < -0.39 is 0 Å². The van der Waals surface area contributed by atoms with Gasteiger partial charge in [0, 0.05) is 6.92 Å².